The number of amides is 2. The smallest absolute Gasteiger partial charge is 0.254 e. The van der Waals surface area contributed by atoms with Crippen molar-refractivity contribution in [2.45, 2.75) is 12.8 Å². The van der Waals surface area contributed by atoms with E-state index >= 15 is 0 Å². The van der Waals surface area contributed by atoms with Gasteiger partial charge in [-0.2, -0.15) is 0 Å². The topological polar surface area (TPSA) is 49.4 Å². The first-order chi connectivity index (χ1) is 9.24. The lowest BCUT2D eigenvalue weighted by molar-refractivity contribution is 0.0785. The monoisotopic (exact) mass is 258 g/mol. The fourth-order valence-electron chi connectivity index (χ4n) is 2.22. The molecule has 1 aromatic rings. The van der Waals surface area contributed by atoms with Gasteiger partial charge in [-0.3, -0.25) is 9.59 Å². The summed E-state index contributed by atoms with van der Waals surface area (Å²) in [5, 5.41) is 2.71. The van der Waals surface area contributed by atoms with E-state index in [1.165, 1.54) is 0 Å². The quantitative estimate of drug-likeness (QED) is 0.838. The van der Waals surface area contributed by atoms with Gasteiger partial charge in [0.05, 0.1) is 11.1 Å². The Labute approximate surface area is 113 Å². The van der Waals surface area contributed by atoms with Crippen LogP contribution in [0, 0.1) is 0 Å². The lowest BCUT2D eigenvalue weighted by Crippen LogP contribution is -2.31. The summed E-state index contributed by atoms with van der Waals surface area (Å²) < 4.78 is 0. The summed E-state index contributed by atoms with van der Waals surface area (Å²) in [5.41, 5.74) is 0.909. The van der Waals surface area contributed by atoms with Gasteiger partial charge in [-0.1, -0.05) is 18.2 Å². The van der Waals surface area contributed by atoms with Crippen LogP contribution in [-0.2, 0) is 0 Å². The third-order valence-electron chi connectivity index (χ3n) is 3.20. The predicted octanol–water partition coefficient (Wildman–Crippen LogP) is 1.84. The molecule has 0 aromatic heterocycles. The van der Waals surface area contributed by atoms with Gasteiger partial charge in [-0.25, -0.2) is 0 Å². The molecule has 1 heterocycles. The normalized spacial score (nSPS) is 14.2. The number of hydrogen-bond donors (Lipinski definition) is 1. The maximum atomic E-state index is 12.4. The molecule has 1 N–H and O–H groups in total. The van der Waals surface area contributed by atoms with Crippen molar-refractivity contribution in [3.8, 4) is 0 Å². The fourth-order valence-corrected chi connectivity index (χ4v) is 2.22. The molecule has 2 amide bonds. The van der Waals surface area contributed by atoms with Gasteiger partial charge >= 0.3 is 0 Å². The van der Waals surface area contributed by atoms with E-state index in [0.717, 1.165) is 25.9 Å². The average Bonchev–Trinajstić information content (AvgIpc) is 2.98. The number of nitrogens with zero attached hydrogens (tertiary/aromatic N) is 1. The maximum absolute atomic E-state index is 12.4. The summed E-state index contributed by atoms with van der Waals surface area (Å²) in [7, 11) is 0. The molecule has 0 aliphatic carbocycles. The third kappa shape index (κ3) is 3.02. The average molecular weight is 258 g/mol. The molecular weight excluding hydrogens is 240 g/mol. The first kappa shape index (κ1) is 13.3. The van der Waals surface area contributed by atoms with E-state index in [4.69, 9.17) is 0 Å². The number of likely N-dealkylation sites (tertiary alicyclic amines) is 1. The molecule has 0 spiro atoms. The van der Waals surface area contributed by atoms with Gasteiger partial charge in [0.1, 0.15) is 0 Å². The number of carbonyl (C=O) groups is 2. The molecule has 1 saturated heterocycles. The Morgan fingerprint density at radius 1 is 1.21 bits per heavy atom. The zero-order chi connectivity index (χ0) is 13.7. The first-order valence-corrected chi connectivity index (χ1v) is 6.51. The Bertz CT molecular complexity index is 491. The Morgan fingerprint density at radius 2 is 1.84 bits per heavy atom. The van der Waals surface area contributed by atoms with Crippen LogP contribution < -0.4 is 5.32 Å². The van der Waals surface area contributed by atoms with E-state index in [0.29, 0.717) is 17.7 Å². The van der Waals surface area contributed by atoms with Crippen LogP contribution in [0.3, 0.4) is 0 Å². The van der Waals surface area contributed by atoms with E-state index < -0.39 is 0 Å². The minimum absolute atomic E-state index is 0.0538. The van der Waals surface area contributed by atoms with E-state index in [9.17, 15) is 9.59 Å². The molecule has 0 saturated carbocycles. The number of hydrogen-bond acceptors (Lipinski definition) is 2. The highest BCUT2D eigenvalue weighted by molar-refractivity contribution is 6.07. The molecule has 0 unspecified atom stereocenters. The van der Waals surface area contributed by atoms with Gasteiger partial charge in [0.25, 0.3) is 11.8 Å². The molecule has 4 nitrogen and oxygen atoms in total. The van der Waals surface area contributed by atoms with Crippen LogP contribution in [-0.4, -0.2) is 36.3 Å². The molecular formula is C15H18N2O2. The van der Waals surface area contributed by atoms with Gasteiger partial charge in [0.15, 0.2) is 0 Å². The standard InChI is InChI=1S/C15H18N2O2/c1-2-9-16-14(18)12-7-3-4-8-13(12)15(19)17-10-5-6-11-17/h2-4,7-8H,1,5-6,9-11H2,(H,16,18). The number of nitrogens with one attached hydrogen (secondary N) is 1. The molecule has 19 heavy (non-hydrogen) atoms. The molecule has 4 heteroatoms. The first-order valence-electron chi connectivity index (χ1n) is 6.51. The van der Waals surface area contributed by atoms with Crippen molar-refractivity contribution in [3.05, 3.63) is 48.0 Å². The zero-order valence-electron chi connectivity index (χ0n) is 10.9. The maximum Gasteiger partial charge on any atom is 0.254 e. The minimum Gasteiger partial charge on any atom is -0.349 e. The Balaban J connectivity index is 2.22. The summed E-state index contributed by atoms with van der Waals surface area (Å²) in [4.78, 5) is 26.2. The summed E-state index contributed by atoms with van der Waals surface area (Å²) in [6.45, 7) is 5.51. The summed E-state index contributed by atoms with van der Waals surface area (Å²) in [6, 6.07) is 6.95. The van der Waals surface area contributed by atoms with Crippen molar-refractivity contribution in [3.63, 3.8) is 0 Å². The van der Waals surface area contributed by atoms with Crippen molar-refractivity contribution < 1.29 is 9.59 Å². The Morgan fingerprint density at radius 3 is 2.47 bits per heavy atom. The highest BCUT2D eigenvalue weighted by atomic mass is 16.2. The molecule has 1 fully saturated rings. The van der Waals surface area contributed by atoms with Crippen LogP contribution >= 0.6 is 0 Å². The van der Waals surface area contributed by atoms with Gasteiger partial charge < -0.3 is 10.2 Å². The summed E-state index contributed by atoms with van der Waals surface area (Å²) in [5.74, 6) is -0.287. The van der Waals surface area contributed by atoms with E-state index in [2.05, 4.69) is 11.9 Å². The molecule has 100 valence electrons. The molecule has 0 atom stereocenters. The van der Waals surface area contributed by atoms with Crippen molar-refractivity contribution in [2.24, 2.45) is 0 Å². The number of rotatable bonds is 4. The highest BCUT2D eigenvalue weighted by Gasteiger charge is 2.23. The van der Waals surface area contributed by atoms with Gasteiger partial charge in [-0.15, -0.1) is 6.58 Å². The zero-order valence-corrected chi connectivity index (χ0v) is 10.9. The van der Waals surface area contributed by atoms with E-state index in [-0.39, 0.29) is 11.8 Å². The molecule has 1 aliphatic heterocycles. The lowest BCUT2D eigenvalue weighted by Gasteiger charge is -2.17. The Kier molecular flexibility index (Phi) is 4.34. The molecule has 1 aromatic carbocycles. The summed E-state index contributed by atoms with van der Waals surface area (Å²) >= 11 is 0. The van der Waals surface area contributed by atoms with E-state index in [1.807, 2.05) is 0 Å². The second-order valence-corrected chi connectivity index (χ2v) is 4.54. The van der Waals surface area contributed by atoms with Gasteiger partial charge in [0.2, 0.25) is 0 Å². The predicted molar refractivity (Wildman–Crippen MR) is 74.1 cm³/mol. The lowest BCUT2D eigenvalue weighted by atomic mass is 10.1. The van der Waals surface area contributed by atoms with Gasteiger partial charge in [-0.05, 0) is 25.0 Å². The molecule has 0 radical (unpaired) electrons. The second-order valence-electron chi connectivity index (χ2n) is 4.54. The third-order valence-corrected chi connectivity index (χ3v) is 3.20. The van der Waals surface area contributed by atoms with Crippen LogP contribution in [0.5, 0.6) is 0 Å². The van der Waals surface area contributed by atoms with Crippen LogP contribution in [0.4, 0.5) is 0 Å². The fraction of sp³-hybridized carbons (Fsp3) is 0.333. The van der Waals surface area contributed by atoms with Crippen molar-refractivity contribution >= 4 is 11.8 Å². The number of carbonyl (C=O) groups excluding carboxylic acids is 2. The SMILES string of the molecule is C=CCNC(=O)c1ccccc1C(=O)N1CCCC1. The number of benzene rings is 1. The van der Waals surface area contributed by atoms with Crippen LogP contribution in [0.2, 0.25) is 0 Å². The van der Waals surface area contributed by atoms with E-state index in [1.54, 1.807) is 35.2 Å². The van der Waals surface area contributed by atoms with Crippen molar-refractivity contribution in [1.29, 1.82) is 0 Å². The summed E-state index contributed by atoms with van der Waals surface area (Å²) in [6.07, 6.45) is 3.69. The van der Waals surface area contributed by atoms with Crippen LogP contribution in [0.25, 0.3) is 0 Å². The van der Waals surface area contributed by atoms with Crippen molar-refractivity contribution in [2.75, 3.05) is 19.6 Å². The molecule has 0 bridgehead atoms. The molecule has 1 aliphatic rings. The second kappa shape index (κ2) is 6.18. The molecule has 2 rings (SSSR count). The van der Waals surface area contributed by atoms with Gasteiger partial charge in [0, 0.05) is 19.6 Å². The minimum atomic E-state index is -0.233. The van der Waals surface area contributed by atoms with Crippen molar-refractivity contribution in [1.82, 2.24) is 10.2 Å². The van der Waals surface area contributed by atoms with Crippen LogP contribution in [0.1, 0.15) is 33.6 Å². The van der Waals surface area contributed by atoms with Crippen LogP contribution in [0.15, 0.2) is 36.9 Å². The Hall–Kier alpha value is -2.10. The largest absolute Gasteiger partial charge is 0.349 e. The highest BCUT2D eigenvalue weighted by Crippen LogP contribution is 2.16.